The van der Waals surface area contributed by atoms with Crippen LogP contribution in [0.1, 0.15) is 68.3 Å². The fourth-order valence-electron chi connectivity index (χ4n) is 3.89. The molecule has 2 aromatic rings. The van der Waals surface area contributed by atoms with E-state index in [1.807, 2.05) is 24.0 Å². The minimum absolute atomic E-state index is 0.0856. The van der Waals surface area contributed by atoms with Crippen LogP contribution >= 0.6 is 0 Å². The van der Waals surface area contributed by atoms with Gasteiger partial charge in [-0.25, -0.2) is 0 Å². The van der Waals surface area contributed by atoms with Crippen molar-refractivity contribution in [3.63, 3.8) is 0 Å². The third-order valence-corrected chi connectivity index (χ3v) is 5.70. The minimum atomic E-state index is -0.292. The average Bonchev–Trinajstić information content (AvgIpc) is 3.32. The van der Waals surface area contributed by atoms with Crippen LogP contribution in [0.25, 0.3) is 0 Å². The Morgan fingerprint density at radius 1 is 1.33 bits per heavy atom. The van der Waals surface area contributed by atoms with Gasteiger partial charge in [0.05, 0.1) is 6.54 Å². The largest absolute Gasteiger partial charge is 0.339 e. The molecule has 2 aromatic heterocycles. The molecule has 144 valence electrons. The van der Waals surface area contributed by atoms with Crippen LogP contribution < -0.4 is 0 Å². The quantitative estimate of drug-likeness (QED) is 0.747. The van der Waals surface area contributed by atoms with Crippen molar-refractivity contribution in [1.29, 1.82) is 0 Å². The zero-order valence-corrected chi connectivity index (χ0v) is 15.9. The van der Waals surface area contributed by atoms with Gasteiger partial charge >= 0.3 is 0 Å². The highest BCUT2D eigenvalue weighted by molar-refractivity contribution is 5.83. The van der Waals surface area contributed by atoms with E-state index in [4.69, 9.17) is 4.52 Å². The second-order valence-electron chi connectivity index (χ2n) is 7.46. The van der Waals surface area contributed by atoms with E-state index in [0.717, 1.165) is 50.2 Å². The summed E-state index contributed by atoms with van der Waals surface area (Å²) in [5.74, 6) is 1.81. The fraction of sp³-hybridized carbons (Fsp3) is 0.600. The number of likely N-dealkylation sites (tertiary alicyclic amines) is 1. The van der Waals surface area contributed by atoms with Crippen molar-refractivity contribution in [2.75, 3.05) is 19.6 Å². The third-order valence-electron chi connectivity index (χ3n) is 5.70. The molecule has 4 rings (SSSR count). The van der Waals surface area contributed by atoms with E-state index in [-0.39, 0.29) is 11.9 Å². The molecule has 1 saturated heterocycles. The van der Waals surface area contributed by atoms with Crippen molar-refractivity contribution in [2.45, 2.75) is 57.5 Å². The van der Waals surface area contributed by atoms with Crippen LogP contribution in [0.3, 0.4) is 0 Å². The number of carbonyl (C=O) groups is 1. The maximum absolute atomic E-state index is 13.4. The molecule has 1 aliphatic heterocycles. The van der Waals surface area contributed by atoms with Crippen LogP contribution in [0, 0.1) is 0 Å². The summed E-state index contributed by atoms with van der Waals surface area (Å²) in [6.07, 6.45) is 9.28. The van der Waals surface area contributed by atoms with E-state index in [1.54, 1.807) is 12.4 Å². The molecule has 1 aliphatic carbocycles. The third kappa shape index (κ3) is 3.88. The van der Waals surface area contributed by atoms with Crippen molar-refractivity contribution in [3.8, 4) is 0 Å². The Morgan fingerprint density at radius 2 is 2.15 bits per heavy atom. The Bertz CT molecular complexity index is 753. The van der Waals surface area contributed by atoms with Gasteiger partial charge in [-0.3, -0.25) is 14.7 Å². The highest BCUT2D eigenvalue weighted by atomic mass is 16.5. The van der Waals surface area contributed by atoms with Crippen molar-refractivity contribution in [2.24, 2.45) is 0 Å². The van der Waals surface area contributed by atoms with Gasteiger partial charge in [-0.15, -0.1) is 0 Å². The van der Waals surface area contributed by atoms with Crippen LogP contribution in [0.5, 0.6) is 0 Å². The summed E-state index contributed by atoms with van der Waals surface area (Å²) in [6, 6.07) is 3.59. The van der Waals surface area contributed by atoms with Crippen LogP contribution in [-0.2, 0) is 11.3 Å². The summed E-state index contributed by atoms with van der Waals surface area (Å²) in [4.78, 5) is 26.3. The van der Waals surface area contributed by atoms with Crippen molar-refractivity contribution < 1.29 is 9.32 Å². The van der Waals surface area contributed by atoms with Crippen LogP contribution in [0.2, 0.25) is 0 Å². The molecule has 0 bridgehead atoms. The summed E-state index contributed by atoms with van der Waals surface area (Å²) in [5, 5.41) is 4.11. The number of nitrogens with zero attached hydrogens (tertiary/aromatic N) is 5. The van der Waals surface area contributed by atoms with Crippen LogP contribution in [-0.4, -0.2) is 50.5 Å². The Labute approximate surface area is 159 Å². The highest BCUT2D eigenvalue weighted by Gasteiger charge is 2.33. The van der Waals surface area contributed by atoms with Crippen molar-refractivity contribution >= 4 is 5.91 Å². The van der Waals surface area contributed by atoms with Crippen molar-refractivity contribution in [3.05, 3.63) is 41.8 Å². The topological polar surface area (TPSA) is 75.4 Å². The first-order valence-corrected chi connectivity index (χ1v) is 10.0. The van der Waals surface area contributed by atoms with Crippen molar-refractivity contribution in [1.82, 2.24) is 24.9 Å². The van der Waals surface area contributed by atoms with Gasteiger partial charge < -0.3 is 9.42 Å². The molecule has 0 radical (unpaired) electrons. The lowest BCUT2D eigenvalue weighted by molar-refractivity contribution is -0.137. The Kier molecular flexibility index (Phi) is 5.48. The molecular weight excluding hydrogens is 342 g/mol. The van der Waals surface area contributed by atoms with Gasteiger partial charge in [-0.1, -0.05) is 17.6 Å². The second kappa shape index (κ2) is 8.17. The first-order chi connectivity index (χ1) is 13.3. The second-order valence-corrected chi connectivity index (χ2v) is 7.46. The molecule has 2 fully saturated rings. The zero-order valence-electron chi connectivity index (χ0n) is 15.9. The van der Waals surface area contributed by atoms with E-state index in [9.17, 15) is 4.79 Å². The normalized spacial score (nSPS) is 19.0. The maximum atomic E-state index is 13.4. The zero-order chi connectivity index (χ0) is 18.6. The Balaban J connectivity index is 1.52. The molecule has 0 unspecified atom stereocenters. The molecule has 0 spiro atoms. The van der Waals surface area contributed by atoms with E-state index < -0.39 is 0 Å². The predicted molar refractivity (Wildman–Crippen MR) is 99.8 cm³/mol. The Morgan fingerprint density at radius 3 is 2.78 bits per heavy atom. The number of likely N-dealkylation sites (N-methyl/N-ethyl adjacent to an activating group) is 1. The van der Waals surface area contributed by atoms with Gasteiger partial charge in [0.15, 0.2) is 5.82 Å². The molecule has 0 N–H and O–H groups in total. The van der Waals surface area contributed by atoms with Gasteiger partial charge in [-0.2, -0.15) is 4.98 Å². The van der Waals surface area contributed by atoms with Gasteiger partial charge in [0.2, 0.25) is 11.8 Å². The SMILES string of the molecule is CCN(Cc1noc(C2CCC2)n1)C(=O)[C@@H](c1cccnc1)N1CCCC1. The van der Waals surface area contributed by atoms with E-state index in [1.165, 1.54) is 6.42 Å². The fourth-order valence-corrected chi connectivity index (χ4v) is 3.89. The smallest absolute Gasteiger partial charge is 0.244 e. The molecule has 1 saturated carbocycles. The number of carbonyl (C=O) groups excluding carboxylic acids is 1. The number of hydrogen-bond donors (Lipinski definition) is 0. The maximum Gasteiger partial charge on any atom is 0.244 e. The summed E-state index contributed by atoms with van der Waals surface area (Å²) < 4.78 is 5.42. The number of pyridine rings is 1. The molecule has 3 heterocycles. The molecular formula is C20H27N5O2. The molecule has 1 atom stereocenters. The van der Waals surface area contributed by atoms with Crippen LogP contribution in [0.15, 0.2) is 29.0 Å². The summed E-state index contributed by atoms with van der Waals surface area (Å²) in [6.45, 7) is 4.87. The van der Waals surface area contributed by atoms with E-state index >= 15 is 0 Å². The van der Waals surface area contributed by atoms with Gasteiger partial charge in [0.1, 0.15) is 6.04 Å². The standard InChI is InChI=1S/C20H27N5O2/c1-2-24(14-17-22-19(27-23-17)15-7-5-8-15)20(26)18(25-11-3-4-12-25)16-9-6-10-21-13-16/h6,9-10,13,15,18H,2-5,7-8,11-12,14H2,1H3/t18-/m1/s1. The molecule has 7 heteroatoms. The van der Waals surface area contributed by atoms with Gasteiger partial charge in [0.25, 0.3) is 0 Å². The first-order valence-electron chi connectivity index (χ1n) is 10.0. The average molecular weight is 369 g/mol. The lowest BCUT2D eigenvalue weighted by atomic mass is 9.85. The molecule has 2 aliphatic rings. The Hall–Kier alpha value is -2.28. The van der Waals surface area contributed by atoms with Gasteiger partial charge in [0, 0.05) is 24.9 Å². The molecule has 27 heavy (non-hydrogen) atoms. The summed E-state index contributed by atoms with van der Waals surface area (Å²) >= 11 is 0. The van der Waals surface area contributed by atoms with Crippen LogP contribution in [0.4, 0.5) is 0 Å². The number of rotatable bonds is 7. The highest BCUT2D eigenvalue weighted by Crippen LogP contribution is 2.35. The number of hydrogen-bond acceptors (Lipinski definition) is 6. The molecule has 1 amide bonds. The number of amides is 1. The summed E-state index contributed by atoms with van der Waals surface area (Å²) in [7, 11) is 0. The lowest BCUT2D eigenvalue weighted by Crippen LogP contribution is -2.42. The summed E-state index contributed by atoms with van der Waals surface area (Å²) in [5.41, 5.74) is 0.950. The monoisotopic (exact) mass is 369 g/mol. The first kappa shape index (κ1) is 18.1. The van der Waals surface area contributed by atoms with Gasteiger partial charge in [-0.05, 0) is 57.3 Å². The minimum Gasteiger partial charge on any atom is -0.339 e. The molecule has 7 nitrogen and oxygen atoms in total. The predicted octanol–water partition coefficient (Wildman–Crippen LogP) is 2.92. The van der Waals surface area contributed by atoms with E-state index in [0.29, 0.717) is 24.8 Å². The number of aromatic nitrogens is 3. The van der Waals surface area contributed by atoms with E-state index in [2.05, 4.69) is 20.0 Å². The lowest BCUT2D eigenvalue weighted by Gasteiger charge is -2.31. The molecule has 0 aromatic carbocycles.